The van der Waals surface area contributed by atoms with Crippen LogP contribution in [0, 0.1) is 11.8 Å². The maximum absolute atomic E-state index is 11.3. The van der Waals surface area contributed by atoms with Crippen LogP contribution in [0.2, 0.25) is 0 Å². The normalized spacial score (nSPS) is 13.3. The summed E-state index contributed by atoms with van der Waals surface area (Å²) in [5.74, 6) is -0.266. The number of nitrogens with zero attached hydrogens (tertiary/aromatic N) is 1. The van der Waals surface area contributed by atoms with E-state index < -0.39 is 5.97 Å². The Hall–Kier alpha value is -0.730. The molecule has 0 saturated carbocycles. The highest BCUT2D eigenvalue weighted by atomic mass is 32.1. The smallest absolute Gasteiger partial charge is 0.306 e. The van der Waals surface area contributed by atoms with Gasteiger partial charge in [-0.15, -0.1) is 0 Å². The molecule has 2 unspecified atom stereocenters. The highest BCUT2D eigenvalue weighted by Gasteiger charge is 2.17. The molecule has 4 heteroatoms. The van der Waals surface area contributed by atoms with Gasteiger partial charge in [-0.25, -0.2) is 4.99 Å². The molecule has 0 fully saturated rings. The second kappa shape index (κ2) is 16.1. The summed E-state index contributed by atoms with van der Waals surface area (Å²) in [5.41, 5.74) is 0. The van der Waals surface area contributed by atoms with Crippen molar-refractivity contribution in [2.24, 2.45) is 16.8 Å². The highest BCUT2D eigenvalue weighted by molar-refractivity contribution is 7.78. The predicted molar refractivity (Wildman–Crippen MR) is 101 cm³/mol. The summed E-state index contributed by atoms with van der Waals surface area (Å²) in [4.78, 5) is 15.1. The molecule has 0 aliphatic rings. The summed E-state index contributed by atoms with van der Waals surface area (Å²) in [5, 5.41) is 11.6. The Kier molecular flexibility index (Phi) is 15.6. The van der Waals surface area contributed by atoms with Crippen molar-refractivity contribution in [2.75, 3.05) is 6.54 Å². The van der Waals surface area contributed by atoms with Crippen molar-refractivity contribution < 1.29 is 9.90 Å². The quantitative estimate of drug-likeness (QED) is 0.209. The summed E-state index contributed by atoms with van der Waals surface area (Å²) in [6, 6.07) is 0. The molecule has 0 aliphatic heterocycles. The molecule has 0 aliphatic carbocycles. The molecule has 2 atom stereocenters. The number of aliphatic carboxylic acids is 1. The van der Waals surface area contributed by atoms with Crippen LogP contribution in [0.4, 0.5) is 0 Å². The number of unbranched alkanes of at least 4 members (excludes halogenated alkanes) is 6. The fourth-order valence-corrected chi connectivity index (χ4v) is 3.02. The number of aliphatic imine (C=N–C) groups is 1. The molecule has 0 heterocycles. The van der Waals surface area contributed by atoms with Crippen molar-refractivity contribution >= 4 is 23.3 Å². The average Bonchev–Trinajstić information content (AvgIpc) is 2.53. The second-order valence-electron chi connectivity index (χ2n) is 6.74. The lowest BCUT2D eigenvalue weighted by Crippen LogP contribution is -2.15. The molecule has 0 rings (SSSR count). The molecular weight excluding hydrogens is 306 g/mol. The number of hydrogen-bond acceptors (Lipinski definition) is 3. The van der Waals surface area contributed by atoms with Crippen LogP contribution in [0.3, 0.4) is 0 Å². The second-order valence-corrected chi connectivity index (χ2v) is 6.93. The minimum absolute atomic E-state index is 0.230. The molecule has 0 bridgehead atoms. The van der Waals surface area contributed by atoms with Crippen LogP contribution in [-0.2, 0) is 4.79 Å². The van der Waals surface area contributed by atoms with Gasteiger partial charge in [-0.1, -0.05) is 65.2 Å². The minimum Gasteiger partial charge on any atom is -0.481 e. The highest BCUT2D eigenvalue weighted by Crippen LogP contribution is 2.21. The molecule has 0 saturated heterocycles. The molecular formula is C19H35NO2S. The first-order valence-electron chi connectivity index (χ1n) is 9.38. The maximum atomic E-state index is 11.3. The Bertz CT molecular complexity index is 340. The van der Waals surface area contributed by atoms with Gasteiger partial charge >= 0.3 is 5.97 Å². The van der Waals surface area contributed by atoms with E-state index in [9.17, 15) is 9.90 Å². The topological polar surface area (TPSA) is 49.7 Å². The molecule has 0 aromatic rings. The van der Waals surface area contributed by atoms with Gasteiger partial charge in [-0.05, 0) is 43.8 Å². The summed E-state index contributed by atoms with van der Waals surface area (Å²) in [6.07, 6.45) is 13.9. The molecule has 23 heavy (non-hydrogen) atoms. The van der Waals surface area contributed by atoms with E-state index >= 15 is 0 Å². The van der Waals surface area contributed by atoms with E-state index in [2.05, 4.69) is 36.2 Å². The van der Waals surface area contributed by atoms with Gasteiger partial charge in [-0.2, -0.15) is 0 Å². The molecule has 0 spiro atoms. The predicted octanol–water partition coefficient (Wildman–Crippen LogP) is 6.13. The van der Waals surface area contributed by atoms with E-state index in [0.29, 0.717) is 18.9 Å². The number of carboxylic acid groups (broad SMARTS) is 1. The Morgan fingerprint density at radius 2 is 1.65 bits per heavy atom. The third-order valence-corrected chi connectivity index (χ3v) is 4.67. The molecule has 0 aromatic heterocycles. The zero-order chi connectivity index (χ0) is 17.3. The Labute approximate surface area is 148 Å². The Balaban J connectivity index is 3.71. The number of carbonyl (C=O) groups is 1. The van der Waals surface area contributed by atoms with E-state index in [1.54, 1.807) is 0 Å². The van der Waals surface area contributed by atoms with Crippen molar-refractivity contribution in [1.82, 2.24) is 0 Å². The van der Waals surface area contributed by atoms with Crippen LogP contribution in [0.5, 0.6) is 0 Å². The zero-order valence-electron chi connectivity index (χ0n) is 15.1. The first kappa shape index (κ1) is 22.3. The molecule has 3 nitrogen and oxygen atoms in total. The van der Waals surface area contributed by atoms with Gasteiger partial charge in [0.25, 0.3) is 0 Å². The number of isothiocyanates is 1. The van der Waals surface area contributed by atoms with Crippen LogP contribution < -0.4 is 0 Å². The standard InChI is InChI=1S/C19H35NO2S/c1-3-4-5-6-7-8-9-11-17(2)13-14-18(19(21)22)12-10-15-20-16-23/h17-18H,3-15H2,1-2H3,(H,21,22). The fourth-order valence-electron chi connectivity index (χ4n) is 2.93. The molecule has 0 amide bonds. The fraction of sp³-hybridized carbons (Fsp3) is 0.895. The summed E-state index contributed by atoms with van der Waals surface area (Å²) < 4.78 is 0. The van der Waals surface area contributed by atoms with Crippen LogP contribution in [0.25, 0.3) is 0 Å². The van der Waals surface area contributed by atoms with Gasteiger partial charge in [0.2, 0.25) is 0 Å². The largest absolute Gasteiger partial charge is 0.481 e. The van der Waals surface area contributed by atoms with E-state index in [-0.39, 0.29) is 5.92 Å². The summed E-state index contributed by atoms with van der Waals surface area (Å²) >= 11 is 4.52. The summed E-state index contributed by atoms with van der Waals surface area (Å²) in [6.45, 7) is 5.10. The van der Waals surface area contributed by atoms with Crippen molar-refractivity contribution in [1.29, 1.82) is 0 Å². The van der Waals surface area contributed by atoms with Crippen LogP contribution in [-0.4, -0.2) is 22.8 Å². The minimum atomic E-state index is -0.667. The van der Waals surface area contributed by atoms with Gasteiger partial charge < -0.3 is 5.11 Å². The molecule has 134 valence electrons. The van der Waals surface area contributed by atoms with E-state index in [1.165, 1.54) is 51.4 Å². The Morgan fingerprint density at radius 1 is 1.00 bits per heavy atom. The molecule has 1 N–H and O–H groups in total. The van der Waals surface area contributed by atoms with E-state index in [0.717, 1.165) is 19.3 Å². The average molecular weight is 342 g/mol. The van der Waals surface area contributed by atoms with E-state index in [4.69, 9.17) is 0 Å². The zero-order valence-corrected chi connectivity index (χ0v) is 15.9. The number of rotatable bonds is 16. The van der Waals surface area contributed by atoms with Gasteiger partial charge in [0, 0.05) is 6.54 Å². The van der Waals surface area contributed by atoms with Crippen LogP contribution >= 0.6 is 12.2 Å². The lowest BCUT2D eigenvalue weighted by atomic mass is 9.90. The Morgan fingerprint density at radius 3 is 2.26 bits per heavy atom. The van der Waals surface area contributed by atoms with Gasteiger partial charge in [0.1, 0.15) is 0 Å². The third kappa shape index (κ3) is 14.6. The number of thiocarbonyl (C=S) groups is 1. The van der Waals surface area contributed by atoms with Crippen LogP contribution in [0.15, 0.2) is 4.99 Å². The third-order valence-electron chi connectivity index (χ3n) is 4.54. The SMILES string of the molecule is CCCCCCCCCC(C)CCC(CCCN=C=S)C(=O)O. The van der Waals surface area contributed by atoms with Gasteiger partial charge in [0.05, 0.1) is 11.1 Å². The lowest BCUT2D eigenvalue weighted by molar-refractivity contribution is -0.142. The monoisotopic (exact) mass is 341 g/mol. The molecule has 0 aromatic carbocycles. The first-order chi connectivity index (χ1) is 11.1. The van der Waals surface area contributed by atoms with Crippen molar-refractivity contribution in [2.45, 2.75) is 90.9 Å². The van der Waals surface area contributed by atoms with Crippen LogP contribution in [0.1, 0.15) is 90.9 Å². The van der Waals surface area contributed by atoms with Crippen molar-refractivity contribution in [3.8, 4) is 0 Å². The van der Waals surface area contributed by atoms with Crippen molar-refractivity contribution in [3.63, 3.8) is 0 Å². The van der Waals surface area contributed by atoms with Gasteiger partial charge in [0.15, 0.2) is 0 Å². The first-order valence-corrected chi connectivity index (χ1v) is 9.79. The lowest BCUT2D eigenvalue weighted by Gasteiger charge is -2.15. The van der Waals surface area contributed by atoms with E-state index in [1.807, 2.05) is 0 Å². The van der Waals surface area contributed by atoms with Crippen molar-refractivity contribution in [3.05, 3.63) is 0 Å². The maximum Gasteiger partial charge on any atom is 0.306 e. The molecule has 0 radical (unpaired) electrons. The number of hydrogen-bond donors (Lipinski definition) is 1. The number of carboxylic acids is 1. The summed E-state index contributed by atoms with van der Waals surface area (Å²) in [7, 11) is 0. The van der Waals surface area contributed by atoms with Gasteiger partial charge in [-0.3, -0.25) is 4.79 Å².